The van der Waals surface area contributed by atoms with Crippen LogP contribution in [0, 0.1) is 6.08 Å². The Morgan fingerprint density at radius 2 is 2.12 bits per heavy atom. The quantitative estimate of drug-likeness (QED) is 0.803. The molecule has 0 saturated carbocycles. The van der Waals surface area contributed by atoms with Crippen LogP contribution in [0.1, 0.15) is 5.56 Å². The molecule has 1 N–H and O–H groups in total. The van der Waals surface area contributed by atoms with Gasteiger partial charge in [-0.15, -0.1) is 12.1 Å². The van der Waals surface area contributed by atoms with E-state index in [2.05, 4.69) is 12.7 Å². The first-order valence-electron chi connectivity index (χ1n) is 4.81. The molecule has 17 heavy (non-hydrogen) atoms. The molecule has 1 aromatic rings. The maximum absolute atomic E-state index is 9.29. The van der Waals surface area contributed by atoms with E-state index in [0.29, 0.717) is 5.02 Å². The second-order valence-corrected chi connectivity index (χ2v) is 3.95. The van der Waals surface area contributed by atoms with Gasteiger partial charge >= 0.3 is 0 Å². The van der Waals surface area contributed by atoms with Crippen molar-refractivity contribution in [2.45, 2.75) is 0 Å². The summed E-state index contributed by atoms with van der Waals surface area (Å²) < 4.78 is 0. The summed E-state index contributed by atoms with van der Waals surface area (Å²) in [6, 6.07) is 4.88. The van der Waals surface area contributed by atoms with Crippen LogP contribution >= 0.6 is 11.6 Å². The van der Waals surface area contributed by atoms with Gasteiger partial charge in [-0.25, -0.2) is 0 Å². The van der Waals surface area contributed by atoms with Crippen molar-refractivity contribution in [3.8, 4) is 5.75 Å². The van der Waals surface area contributed by atoms with E-state index in [1.807, 2.05) is 18.0 Å². The topological polar surface area (TPSA) is 23.5 Å². The molecule has 85 valence electrons. The summed E-state index contributed by atoms with van der Waals surface area (Å²) in [6.07, 6.45) is 6.79. The second kappa shape index (κ2) is 5.86. The minimum absolute atomic E-state index is 0. The van der Waals surface area contributed by atoms with E-state index in [-0.39, 0.29) is 38.5 Å². The average Bonchev–Trinajstić information content (AvgIpc) is 2.23. The number of allylic oxidation sites excluding steroid dienone is 3. The summed E-state index contributed by atoms with van der Waals surface area (Å²) >= 11 is 6.07. The van der Waals surface area contributed by atoms with Gasteiger partial charge in [0.1, 0.15) is 5.75 Å². The Bertz CT molecular complexity index is 508. The van der Waals surface area contributed by atoms with Gasteiger partial charge in [0.25, 0.3) is 0 Å². The maximum Gasteiger partial charge on any atom is 0.114 e. The Labute approximate surface area is 131 Å². The number of phenolic OH excluding ortho intramolecular Hbond substituents is 1. The van der Waals surface area contributed by atoms with Gasteiger partial charge in [0.15, 0.2) is 0 Å². The third kappa shape index (κ3) is 3.01. The summed E-state index contributed by atoms with van der Waals surface area (Å²) in [5, 5.41) is 9.79. The zero-order chi connectivity index (χ0) is 11.7. The van der Waals surface area contributed by atoms with Crippen LogP contribution < -0.4 is 0 Å². The average molecular weight is 322 g/mol. The molecule has 2 rings (SSSR count). The van der Waals surface area contributed by atoms with Gasteiger partial charge in [-0.2, -0.15) is 12.2 Å². The Balaban J connectivity index is 0.00000144. The van der Waals surface area contributed by atoms with Crippen molar-refractivity contribution in [1.29, 1.82) is 0 Å². The first kappa shape index (κ1) is 14.5. The van der Waals surface area contributed by atoms with E-state index in [1.54, 1.807) is 18.2 Å². The third-order valence-electron chi connectivity index (χ3n) is 2.47. The molecule has 0 unspecified atom stereocenters. The van der Waals surface area contributed by atoms with Crippen molar-refractivity contribution in [1.82, 2.24) is 4.90 Å². The van der Waals surface area contributed by atoms with Gasteiger partial charge < -0.3 is 10.0 Å². The van der Waals surface area contributed by atoms with Crippen LogP contribution in [-0.2, 0) is 32.7 Å². The largest absolute Gasteiger partial charge is 0.508 e. The number of benzene rings is 1. The second-order valence-electron chi connectivity index (χ2n) is 3.54. The summed E-state index contributed by atoms with van der Waals surface area (Å²) in [7, 11) is 1.90. The van der Waals surface area contributed by atoms with E-state index in [4.69, 9.17) is 11.6 Å². The van der Waals surface area contributed by atoms with Crippen LogP contribution in [-0.4, -0.2) is 17.1 Å². The summed E-state index contributed by atoms with van der Waals surface area (Å²) in [5.74, 6) is 0.155. The van der Waals surface area contributed by atoms with Crippen molar-refractivity contribution in [3.63, 3.8) is 0 Å². The number of phenols is 1. The third-order valence-corrected chi connectivity index (χ3v) is 2.78. The first-order chi connectivity index (χ1) is 7.59. The zero-order valence-corrected chi connectivity index (χ0v) is 13.0. The van der Waals surface area contributed by atoms with E-state index >= 15 is 0 Å². The van der Waals surface area contributed by atoms with E-state index in [0.717, 1.165) is 17.0 Å². The summed E-state index contributed by atoms with van der Waals surface area (Å²) in [6.45, 7) is 3.90. The molecular formula is C13H11ClNOY-. The monoisotopic (exact) mass is 321 g/mol. The molecule has 0 aromatic heterocycles. The molecule has 0 amide bonds. The number of halogens is 1. The summed E-state index contributed by atoms with van der Waals surface area (Å²) in [4.78, 5) is 1.90. The SMILES string of the molecule is C=C1C=C[C-]=C(c2ccc(O)cc2Cl)N1C.[Y]. The zero-order valence-electron chi connectivity index (χ0n) is 9.44. The Morgan fingerprint density at radius 1 is 1.41 bits per heavy atom. The van der Waals surface area contributed by atoms with Gasteiger partial charge in [0, 0.05) is 39.8 Å². The summed E-state index contributed by atoms with van der Waals surface area (Å²) in [5.41, 5.74) is 2.54. The van der Waals surface area contributed by atoms with Crippen LogP contribution in [0.25, 0.3) is 5.70 Å². The Kier molecular flexibility index (Phi) is 4.99. The molecule has 1 radical (unpaired) electrons. The van der Waals surface area contributed by atoms with Gasteiger partial charge in [-0.3, -0.25) is 0 Å². The minimum Gasteiger partial charge on any atom is -0.508 e. The van der Waals surface area contributed by atoms with Crippen LogP contribution in [0.2, 0.25) is 5.02 Å². The van der Waals surface area contributed by atoms with Crippen molar-refractivity contribution < 1.29 is 37.8 Å². The van der Waals surface area contributed by atoms with Crippen LogP contribution in [0.3, 0.4) is 0 Å². The van der Waals surface area contributed by atoms with E-state index in [9.17, 15) is 5.11 Å². The molecule has 0 saturated heterocycles. The predicted octanol–water partition coefficient (Wildman–Crippen LogP) is 3.20. The number of likely N-dealkylation sites (N-methyl/N-ethyl adjacent to an activating group) is 1. The molecule has 1 heterocycles. The smallest absolute Gasteiger partial charge is 0.114 e. The molecule has 0 aliphatic carbocycles. The van der Waals surface area contributed by atoms with E-state index in [1.165, 1.54) is 6.07 Å². The van der Waals surface area contributed by atoms with Crippen molar-refractivity contribution in [3.05, 3.63) is 59.3 Å². The molecule has 0 atom stereocenters. The maximum atomic E-state index is 9.29. The normalized spacial score (nSPS) is 14.4. The van der Waals surface area contributed by atoms with E-state index < -0.39 is 0 Å². The molecule has 2 nitrogen and oxygen atoms in total. The molecule has 0 bridgehead atoms. The van der Waals surface area contributed by atoms with Gasteiger partial charge in [-0.05, 0) is 22.9 Å². The molecule has 1 aliphatic rings. The Morgan fingerprint density at radius 3 is 2.76 bits per heavy atom. The molecule has 4 heteroatoms. The molecule has 0 spiro atoms. The molecular weight excluding hydrogens is 311 g/mol. The predicted molar refractivity (Wildman–Crippen MR) is 65.8 cm³/mol. The van der Waals surface area contributed by atoms with Crippen LogP contribution in [0.5, 0.6) is 5.75 Å². The standard InChI is InChI=1S/C13H11ClNO.Y/c1-9-4-3-5-13(15(9)2)11-7-6-10(16)8-12(11)14;/h3-4,6-8,16H,1H2,2H3;/q-1;. The molecule has 1 aliphatic heterocycles. The number of nitrogens with zero attached hydrogens (tertiary/aromatic N) is 1. The van der Waals surface area contributed by atoms with Crippen LogP contribution in [0.15, 0.2) is 42.6 Å². The number of rotatable bonds is 1. The van der Waals surface area contributed by atoms with Crippen molar-refractivity contribution >= 4 is 17.3 Å². The number of aromatic hydroxyl groups is 1. The van der Waals surface area contributed by atoms with Crippen molar-refractivity contribution in [2.24, 2.45) is 0 Å². The Hall–Kier alpha value is -0.566. The molecule has 0 fully saturated rings. The fourth-order valence-electron chi connectivity index (χ4n) is 1.52. The van der Waals surface area contributed by atoms with Gasteiger partial charge in [0.05, 0.1) is 0 Å². The van der Waals surface area contributed by atoms with Gasteiger partial charge in [-0.1, -0.05) is 29.4 Å². The number of hydrogen-bond acceptors (Lipinski definition) is 2. The van der Waals surface area contributed by atoms with Gasteiger partial charge in [0.2, 0.25) is 0 Å². The number of hydrogen-bond donors (Lipinski definition) is 1. The van der Waals surface area contributed by atoms with Crippen LogP contribution in [0.4, 0.5) is 0 Å². The fourth-order valence-corrected chi connectivity index (χ4v) is 1.79. The fraction of sp³-hybridized carbons (Fsp3) is 0.0769. The first-order valence-corrected chi connectivity index (χ1v) is 5.19. The van der Waals surface area contributed by atoms with Crippen molar-refractivity contribution in [2.75, 3.05) is 7.05 Å². The minimum atomic E-state index is 0. The molecule has 1 aromatic carbocycles.